The second kappa shape index (κ2) is 9.07. The van der Waals surface area contributed by atoms with Crippen molar-refractivity contribution in [3.05, 3.63) is 54.1 Å². The van der Waals surface area contributed by atoms with Crippen LogP contribution in [0.4, 0.5) is 10.5 Å². The molecule has 3 N–H and O–H groups in total. The average Bonchev–Trinajstić information content (AvgIpc) is 2.60. The Balaban J connectivity index is 1.72. The predicted octanol–water partition coefficient (Wildman–Crippen LogP) is 3.82. The van der Waals surface area contributed by atoms with Crippen molar-refractivity contribution < 1.29 is 22.5 Å². The molecule has 0 aliphatic heterocycles. The quantitative estimate of drug-likeness (QED) is 0.479. The Hall–Kier alpha value is -2.58. The first kappa shape index (κ1) is 21.7. The summed E-state index contributed by atoms with van der Waals surface area (Å²) in [5.74, 6) is 0.777. The van der Waals surface area contributed by atoms with Crippen LogP contribution in [0.1, 0.15) is 32.8 Å². The minimum Gasteiger partial charge on any atom is -0.494 e. The molecule has 0 saturated heterocycles. The van der Waals surface area contributed by atoms with Crippen LogP contribution in [0.3, 0.4) is 0 Å². The highest BCUT2D eigenvalue weighted by Gasteiger charge is 2.13. The Labute approximate surface area is 165 Å². The number of amides is 2. The highest BCUT2D eigenvalue weighted by molar-refractivity contribution is 7.85. The zero-order chi connectivity index (χ0) is 20.8. The van der Waals surface area contributed by atoms with Gasteiger partial charge in [0, 0.05) is 12.2 Å². The van der Waals surface area contributed by atoms with Gasteiger partial charge in [-0.05, 0) is 47.7 Å². The van der Waals surface area contributed by atoms with Crippen LogP contribution in [0.5, 0.6) is 5.75 Å². The third kappa shape index (κ3) is 6.86. The van der Waals surface area contributed by atoms with Crippen LogP contribution in [-0.2, 0) is 15.5 Å². The van der Waals surface area contributed by atoms with Crippen molar-refractivity contribution >= 4 is 21.8 Å². The molecule has 0 spiro atoms. The lowest BCUT2D eigenvalue weighted by atomic mass is 9.87. The van der Waals surface area contributed by atoms with E-state index in [1.165, 1.54) is 29.8 Å². The molecule has 0 unspecified atom stereocenters. The lowest BCUT2D eigenvalue weighted by molar-refractivity contribution is 0.250. The Kier molecular flexibility index (Phi) is 7.04. The van der Waals surface area contributed by atoms with Gasteiger partial charge in [-0.15, -0.1) is 0 Å². The number of carbonyl (C=O) groups excluding carboxylic acids is 1. The Morgan fingerprint density at radius 1 is 1.11 bits per heavy atom. The van der Waals surface area contributed by atoms with Crippen LogP contribution >= 0.6 is 0 Å². The molecule has 2 amide bonds. The highest BCUT2D eigenvalue weighted by Crippen LogP contribution is 2.24. The van der Waals surface area contributed by atoms with Gasteiger partial charge in [0.2, 0.25) is 0 Å². The fourth-order valence-corrected chi connectivity index (χ4v) is 2.95. The Morgan fingerprint density at radius 2 is 1.79 bits per heavy atom. The summed E-state index contributed by atoms with van der Waals surface area (Å²) >= 11 is 0. The van der Waals surface area contributed by atoms with E-state index in [2.05, 4.69) is 31.4 Å². The summed E-state index contributed by atoms with van der Waals surface area (Å²) in [6, 6.07) is 12.9. The second-order valence-corrected chi connectivity index (χ2v) is 8.78. The average molecular weight is 407 g/mol. The number of hydrogen-bond acceptors (Lipinski definition) is 4. The van der Waals surface area contributed by atoms with Gasteiger partial charge in [0.05, 0.1) is 11.5 Å². The number of nitrogens with one attached hydrogen (secondary N) is 2. The van der Waals surface area contributed by atoms with Gasteiger partial charge < -0.3 is 15.4 Å². The van der Waals surface area contributed by atoms with Crippen molar-refractivity contribution in [2.75, 3.05) is 18.5 Å². The predicted molar refractivity (Wildman–Crippen MR) is 109 cm³/mol. The summed E-state index contributed by atoms with van der Waals surface area (Å²) in [4.78, 5) is 11.6. The number of anilines is 1. The maximum atomic E-state index is 11.9. The maximum absolute atomic E-state index is 11.9. The smallest absolute Gasteiger partial charge is 0.319 e. The van der Waals surface area contributed by atoms with Gasteiger partial charge in [0.15, 0.2) is 0 Å². The summed E-state index contributed by atoms with van der Waals surface area (Å²) in [7, 11) is -4.31. The first-order valence-electron chi connectivity index (χ1n) is 8.91. The molecule has 7 nitrogen and oxygen atoms in total. The molecule has 0 atom stereocenters. The lowest BCUT2D eigenvalue weighted by Gasteiger charge is -2.19. The minimum absolute atomic E-state index is 0.0939. The summed E-state index contributed by atoms with van der Waals surface area (Å²) in [6.07, 6.45) is 0.611. The summed E-state index contributed by atoms with van der Waals surface area (Å²) in [6.45, 7) is 7.30. The van der Waals surface area contributed by atoms with Crippen LogP contribution in [0, 0.1) is 0 Å². The van der Waals surface area contributed by atoms with Gasteiger partial charge in [-0.3, -0.25) is 4.55 Å². The second-order valence-electron chi connectivity index (χ2n) is 7.36. The SMILES string of the molecule is CC(C)(C)c1ccc(OCCCNC(=O)Nc2cccc(S(=O)(=O)O)c2)cc1. The number of ether oxygens (including phenoxy) is 1. The monoisotopic (exact) mass is 406 g/mol. The van der Waals surface area contributed by atoms with Gasteiger partial charge >= 0.3 is 6.03 Å². The van der Waals surface area contributed by atoms with E-state index in [0.29, 0.717) is 19.6 Å². The molecule has 2 aromatic carbocycles. The molecule has 0 saturated carbocycles. The highest BCUT2D eigenvalue weighted by atomic mass is 32.2. The molecule has 2 rings (SSSR count). The summed E-state index contributed by atoms with van der Waals surface area (Å²) in [5.41, 5.74) is 1.59. The summed E-state index contributed by atoms with van der Waals surface area (Å²) in [5, 5.41) is 5.18. The lowest BCUT2D eigenvalue weighted by Crippen LogP contribution is -2.30. The van der Waals surface area contributed by atoms with Crippen molar-refractivity contribution in [3.8, 4) is 5.75 Å². The van der Waals surface area contributed by atoms with Gasteiger partial charge in [-0.1, -0.05) is 39.0 Å². The number of urea groups is 1. The minimum atomic E-state index is -4.31. The van der Waals surface area contributed by atoms with Crippen LogP contribution in [0.15, 0.2) is 53.4 Å². The van der Waals surface area contributed by atoms with Crippen LogP contribution in [0.25, 0.3) is 0 Å². The van der Waals surface area contributed by atoms with Gasteiger partial charge in [-0.2, -0.15) is 8.42 Å². The van der Waals surface area contributed by atoms with E-state index in [9.17, 15) is 13.2 Å². The number of hydrogen-bond donors (Lipinski definition) is 3. The third-order valence-corrected chi connectivity index (χ3v) is 4.84. The fourth-order valence-electron chi connectivity index (χ4n) is 2.42. The molecule has 28 heavy (non-hydrogen) atoms. The maximum Gasteiger partial charge on any atom is 0.319 e. The molecule has 0 aliphatic rings. The Morgan fingerprint density at radius 3 is 2.39 bits per heavy atom. The Bertz CT molecular complexity index is 903. The van der Waals surface area contributed by atoms with E-state index in [1.807, 2.05) is 24.3 Å². The topological polar surface area (TPSA) is 105 Å². The molecule has 0 radical (unpaired) electrons. The molecule has 0 aliphatic carbocycles. The van der Waals surface area contributed by atoms with Gasteiger partial charge in [0.1, 0.15) is 5.75 Å². The zero-order valence-corrected chi connectivity index (χ0v) is 17.0. The molecule has 0 heterocycles. The van der Waals surface area contributed by atoms with E-state index >= 15 is 0 Å². The van der Waals surface area contributed by atoms with Crippen molar-refractivity contribution in [1.29, 1.82) is 0 Å². The van der Waals surface area contributed by atoms with Gasteiger partial charge in [-0.25, -0.2) is 4.79 Å². The van der Waals surface area contributed by atoms with E-state index in [0.717, 1.165) is 5.75 Å². The van der Waals surface area contributed by atoms with Crippen molar-refractivity contribution in [3.63, 3.8) is 0 Å². The van der Waals surface area contributed by atoms with Crippen molar-refractivity contribution in [2.24, 2.45) is 0 Å². The van der Waals surface area contributed by atoms with Gasteiger partial charge in [0.25, 0.3) is 10.1 Å². The van der Waals surface area contributed by atoms with E-state index in [-0.39, 0.29) is 16.0 Å². The molecule has 8 heteroatoms. The molecule has 0 bridgehead atoms. The number of carbonyl (C=O) groups is 1. The van der Waals surface area contributed by atoms with Crippen LogP contribution in [-0.4, -0.2) is 32.2 Å². The standard InChI is InChI=1S/C20H26N2O5S/c1-20(2,3)15-8-10-17(11-9-15)27-13-5-12-21-19(23)22-16-6-4-7-18(14-16)28(24,25)26/h4,6-11,14H,5,12-13H2,1-3H3,(H2,21,22,23)(H,24,25,26). The zero-order valence-electron chi connectivity index (χ0n) is 16.2. The normalized spacial score (nSPS) is 11.7. The molecule has 152 valence electrons. The molecular formula is C20H26N2O5S. The van der Waals surface area contributed by atoms with E-state index in [1.54, 1.807) is 0 Å². The van der Waals surface area contributed by atoms with E-state index < -0.39 is 16.1 Å². The van der Waals surface area contributed by atoms with Crippen molar-refractivity contribution in [1.82, 2.24) is 5.32 Å². The first-order valence-corrected chi connectivity index (χ1v) is 10.4. The molecule has 2 aromatic rings. The van der Waals surface area contributed by atoms with Crippen LogP contribution < -0.4 is 15.4 Å². The van der Waals surface area contributed by atoms with Crippen molar-refractivity contribution in [2.45, 2.75) is 37.5 Å². The first-order chi connectivity index (χ1) is 13.1. The largest absolute Gasteiger partial charge is 0.494 e. The summed E-state index contributed by atoms with van der Waals surface area (Å²) < 4.78 is 36.9. The van der Waals surface area contributed by atoms with Crippen LogP contribution in [0.2, 0.25) is 0 Å². The molecule has 0 fully saturated rings. The number of benzene rings is 2. The molecule has 0 aromatic heterocycles. The molecular weight excluding hydrogens is 380 g/mol. The fraction of sp³-hybridized carbons (Fsp3) is 0.350. The number of rotatable bonds is 7. The third-order valence-electron chi connectivity index (χ3n) is 3.99. The van der Waals surface area contributed by atoms with E-state index in [4.69, 9.17) is 9.29 Å².